The summed E-state index contributed by atoms with van der Waals surface area (Å²) in [6, 6.07) is 8.95. The first-order valence-corrected chi connectivity index (χ1v) is 7.83. The van der Waals surface area contributed by atoms with Gasteiger partial charge < -0.3 is 0 Å². The molecule has 2 heteroatoms. The maximum absolute atomic E-state index is 3.74. The molecule has 2 aliphatic carbocycles. The van der Waals surface area contributed by atoms with Crippen LogP contribution in [-0.2, 0) is 0 Å². The number of alkyl halides is 2. The molecule has 0 N–H and O–H groups in total. The van der Waals surface area contributed by atoms with E-state index >= 15 is 0 Å². The Hall–Kier alpha value is -0.860. The third kappa shape index (κ3) is 1.36. The van der Waals surface area contributed by atoms with Crippen LogP contribution in [0.4, 0.5) is 0 Å². The van der Waals surface area contributed by atoms with Crippen molar-refractivity contribution in [2.45, 2.75) is 9.65 Å². The van der Waals surface area contributed by atoms with E-state index in [-0.39, 0.29) is 0 Å². The zero-order valence-electron chi connectivity index (χ0n) is 9.53. The van der Waals surface area contributed by atoms with Gasteiger partial charge in [0.1, 0.15) is 0 Å². The number of rotatable bonds is 0. The van der Waals surface area contributed by atoms with Gasteiger partial charge in [0.15, 0.2) is 0 Å². The van der Waals surface area contributed by atoms with Crippen LogP contribution in [0.5, 0.6) is 0 Å². The Bertz CT molecular complexity index is 662. The van der Waals surface area contributed by atoms with Gasteiger partial charge in [-0.15, -0.1) is 0 Å². The smallest absolute Gasteiger partial charge is 0.0584 e. The molecule has 0 aliphatic heterocycles. The molecule has 2 unspecified atom stereocenters. The average Bonchev–Trinajstić information content (AvgIpc) is 2.40. The van der Waals surface area contributed by atoms with E-state index in [1.54, 1.807) is 0 Å². The molecule has 88 valence electrons. The van der Waals surface area contributed by atoms with Crippen molar-refractivity contribution in [3.8, 4) is 0 Å². The molecule has 18 heavy (non-hydrogen) atoms. The van der Waals surface area contributed by atoms with E-state index in [0.29, 0.717) is 9.65 Å². The second-order valence-electron chi connectivity index (χ2n) is 4.76. The van der Waals surface area contributed by atoms with Gasteiger partial charge >= 0.3 is 0 Å². The van der Waals surface area contributed by atoms with Gasteiger partial charge in [0, 0.05) is 0 Å². The summed E-state index contributed by atoms with van der Waals surface area (Å²) in [6.07, 6.45) is 8.86. The van der Waals surface area contributed by atoms with Crippen molar-refractivity contribution in [2.75, 3.05) is 0 Å². The summed E-state index contributed by atoms with van der Waals surface area (Å²) in [4.78, 5) is 0.656. The summed E-state index contributed by atoms with van der Waals surface area (Å²) in [6.45, 7) is 0. The molecule has 0 saturated carbocycles. The Labute approximate surface area is 123 Å². The lowest BCUT2D eigenvalue weighted by Crippen LogP contribution is -2.02. The molecule has 0 spiro atoms. The van der Waals surface area contributed by atoms with Crippen molar-refractivity contribution in [3.05, 3.63) is 58.7 Å². The molecule has 2 atom stereocenters. The normalized spacial score (nSPS) is 23.7. The van der Waals surface area contributed by atoms with Crippen LogP contribution in [0, 0.1) is 0 Å². The first-order chi connectivity index (χ1) is 8.75. The summed E-state index contributed by atoms with van der Waals surface area (Å²) in [5.74, 6) is 0. The molecule has 2 aromatic carbocycles. The quantitative estimate of drug-likeness (QED) is 0.523. The van der Waals surface area contributed by atoms with Crippen LogP contribution in [0.15, 0.2) is 36.4 Å². The molecule has 0 amide bonds. The number of hydrogen-bond donors (Lipinski definition) is 0. The molecule has 2 aromatic rings. The molecule has 0 fully saturated rings. The van der Waals surface area contributed by atoms with Crippen LogP contribution in [-0.4, -0.2) is 0 Å². The van der Waals surface area contributed by atoms with Crippen LogP contribution >= 0.6 is 31.9 Å². The number of benzene rings is 2. The van der Waals surface area contributed by atoms with E-state index in [9.17, 15) is 0 Å². The van der Waals surface area contributed by atoms with Gasteiger partial charge in [-0.25, -0.2) is 0 Å². The fourth-order valence-corrected chi connectivity index (χ4v) is 3.99. The minimum atomic E-state index is 0.328. The summed E-state index contributed by atoms with van der Waals surface area (Å²) in [7, 11) is 0. The molecular weight excluding hydrogens is 352 g/mol. The lowest BCUT2D eigenvalue weighted by molar-refractivity contribution is 1.24. The molecule has 0 radical (unpaired) electrons. The van der Waals surface area contributed by atoms with Gasteiger partial charge in [-0.2, -0.15) is 0 Å². The van der Waals surface area contributed by atoms with Crippen molar-refractivity contribution >= 4 is 54.8 Å². The molecule has 4 rings (SSSR count). The van der Waals surface area contributed by atoms with Crippen LogP contribution in [0.1, 0.15) is 31.9 Å². The second-order valence-corrected chi connectivity index (χ2v) is 6.73. The second kappa shape index (κ2) is 3.82. The van der Waals surface area contributed by atoms with Crippen molar-refractivity contribution in [1.29, 1.82) is 0 Å². The highest BCUT2D eigenvalue weighted by Crippen LogP contribution is 2.45. The Kier molecular flexibility index (Phi) is 2.33. The van der Waals surface area contributed by atoms with E-state index < -0.39 is 0 Å². The van der Waals surface area contributed by atoms with Crippen LogP contribution in [0.2, 0.25) is 0 Å². The molecule has 0 nitrogen and oxygen atoms in total. The minimum absolute atomic E-state index is 0.328. The maximum atomic E-state index is 3.74. The van der Waals surface area contributed by atoms with Gasteiger partial charge in [0.05, 0.1) is 9.65 Å². The lowest BCUT2D eigenvalue weighted by Gasteiger charge is -2.23. The highest BCUT2D eigenvalue weighted by atomic mass is 79.9. The molecule has 2 aliphatic rings. The Morgan fingerprint density at radius 2 is 1.11 bits per heavy atom. The summed E-state index contributed by atoms with van der Waals surface area (Å²) in [5.41, 5.74) is 5.42. The SMILES string of the molecule is BrC1C=Cc2ccc3c4c(ccc1c24)C=CC3Br. The highest BCUT2D eigenvalue weighted by molar-refractivity contribution is 9.09. The van der Waals surface area contributed by atoms with Gasteiger partial charge in [0.2, 0.25) is 0 Å². The van der Waals surface area contributed by atoms with E-state index in [1.165, 1.54) is 33.0 Å². The summed E-state index contributed by atoms with van der Waals surface area (Å²) < 4.78 is 0. The lowest BCUT2D eigenvalue weighted by atomic mass is 9.85. The Morgan fingerprint density at radius 3 is 1.56 bits per heavy atom. The number of allylic oxidation sites excluding steroid dienone is 2. The van der Waals surface area contributed by atoms with Gasteiger partial charge in [-0.1, -0.05) is 80.4 Å². The van der Waals surface area contributed by atoms with Crippen molar-refractivity contribution in [1.82, 2.24) is 0 Å². The topological polar surface area (TPSA) is 0 Å². The van der Waals surface area contributed by atoms with Crippen LogP contribution in [0.3, 0.4) is 0 Å². The summed E-state index contributed by atoms with van der Waals surface area (Å²) >= 11 is 7.48. The monoisotopic (exact) mass is 360 g/mol. The highest BCUT2D eigenvalue weighted by Gasteiger charge is 2.22. The predicted octanol–water partition coefficient (Wildman–Crippen LogP) is 5.77. The largest absolute Gasteiger partial charge is 0.0793 e. The number of hydrogen-bond acceptors (Lipinski definition) is 0. The fourth-order valence-electron chi connectivity index (χ4n) is 2.92. The maximum Gasteiger partial charge on any atom is 0.0584 e. The molecule has 0 heterocycles. The van der Waals surface area contributed by atoms with Gasteiger partial charge in [-0.3, -0.25) is 0 Å². The predicted molar refractivity (Wildman–Crippen MR) is 85.4 cm³/mol. The van der Waals surface area contributed by atoms with Crippen molar-refractivity contribution in [3.63, 3.8) is 0 Å². The summed E-state index contributed by atoms with van der Waals surface area (Å²) in [5, 5.41) is 2.81. The van der Waals surface area contributed by atoms with Gasteiger partial charge in [0.25, 0.3) is 0 Å². The zero-order chi connectivity index (χ0) is 12.3. The standard InChI is InChI=1S/C16H10Br2/c17-13-8-4-10-2-6-12-14(18)7-3-9-1-5-11(13)16(10)15(9)12/h1-8,13-14H. The fraction of sp³-hybridized carbons (Fsp3) is 0.125. The minimum Gasteiger partial charge on any atom is -0.0793 e. The van der Waals surface area contributed by atoms with E-state index in [2.05, 4.69) is 80.4 Å². The van der Waals surface area contributed by atoms with E-state index in [1.807, 2.05) is 0 Å². The van der Waals surface area contributed by atoms with Crippen molar-refractivity contribution in [2.24, 2.45) is 0 Å². The average molecular weight is 362 g/mol. The van der Waals surface area contributed by atoms with Gasteiger partial charge in [-0.05, 0) is 33.0 Å². The molecule has 0 saturated heterocycles. The Balaban J connectivity index is 2.24. The van der Waals surface area contributed by atoms with E-state index in [0.717, 1.165) is 0 Å². The molecule has 0 bridgehead atoms. The first-order valence-electron chi connectivity index (χ1n) is 6.00. The van der Waals surface area contributed by atoms with E-state index in [4.69, 9.17) is 0 Å². The number of halogens is 2. The molecule has 0 aromatic heterocycles. The Morgan fingerprint density at radius 1 is 0.667 bits per heavy atom. The third-order valence-electron chi connectivity index (χ3n) is 3.77. The third-order valence-corrected chi connectivity index (χ3v) is 5.37. The van der Waals surface area contributed by atoms with Crippen LogP contribution < -0.4 is 0 Å². The van der Waals surface area contributed by atoms with Crippen LogP contribution in [0.25, 0.3) is 22.9 Å². The molecular formula is C16H10Br2. The van der Waals surface area contributed by atoms with Crippen molar-refractivity contribution < 1.29 is 0 Å². The zero-order valence-corrected chi connectivity index (χ0v) is 12.7. The first kappa shape index (κ1) is 11.0.